The summed E-state index contributed by atoms with van der Waals surface area (Å²) in [5, 5.41) is 17.4. The summed E-state index contributed by atoms with van der Waals surface area (Å²) < 4.78 is 3.66. The fraction of sp³-hybridized carbons (Fsp3) is 0.308. The van der Waals surface area contributed by atoms with E-state index in [0.29, 0.717) is 5.69 Å². The lowest BCUT2D eigenvalue weighted by molar-refractivity contribution is 0.0933. The molecule has 2 rings (SSSR count). The second kappa shape index (κ2) is 6.29. The number of nitrogens with one attached hydrogen (secondary N) is 1. The quantitative estimate of drug-likeness (QED) is 0.876. The molecule has 100 valence electrons. The van der Waals surface area contributed by atoms with Crippen LogP contribution in [0, 0.1) is 0 Å². The van der Waals surface area contributed by atoms with Crippen LogP contribution in [0.5, 0.6) is 5.75 Å². The third-order valence-electron chi connectivity index (χ3n) is 2.77. The summed E-state index contributed by atoms with van der Waals surface area (Å²) in [6.07, 6.45) is 1.67. The Hall–Kier alpha value is -1.95. The van der Waals surface area contributed by atoms with Gasteiger partial charge in [0.1, 0.15) is 5.75 Å². The van der Waals surface area contributed by atoms with Gasteiger partial charge in [0.15, 0.2) is 5.69 Å². The van der Waals surface area contributed by atoms with E-state index >= 15 is 0 Å². The zero-order chi connectivity index (χ0) is 13.7. The van der Waals surface area contributed by atoms with E-state index in [1.807, 2.05) is 19.1 Å². The number of phenolic OH excluding ortho intramolecular Hbond substituents is 1. The second-order valence-corrected chi connectivity index (χ2v) is 4.98. The minimum Gasteiger partial charge on any atom is -0.508 e. The maximum atomic E-state index is 11.7. The number of aromatic hydroxyl groups is 1. The standard InChI is InChI=1S/C13H15N3O2S/c1-9(14-13(18)12-8-19-16-15-12)2-3-10-4-6-11(17)7-5-10/h4-9,17H,2-3H2,1H3,(H,14,18)/t9-/m1/s1. The number of phenols is 1. The van der Waals surface area contributed by atoms with Crippen molar-refractivity contribution >= 4 is 17.4 Å². The number of aryl methyl sites for hydroxylation is 1. The predicted octanol–water partition coefficient (Wildman–Crippen LogP) is 1.99. The molecule has 2 aromatic rings. The molecule has 0 radical (unpaired) electrons. The Balaban J connectivity index is 1.80. The van der Waals surface area contributed by atoms with Crippen LogP contribution in [-0.4, -0.2) is 26.6 Å². The highest BCUT2D eigenvalue weighted by Gasteiger charge is 2.12. The van der Waals surface area contributed by atoms with Crippen LogP contribution >= 0.6 is 11.5 Å². The molecule has 0 aliphatic carbocycles. The van der Waals surface area contributed by atoms with Crippen molar-refractivity contribution < 1.29 is 9.90 Å². The fourth-order valence-electron chi connectivity index (χ4n) is 1.68. The van der Waals surface area contributed by atoms with E-state index in [2.05, 4.69) is 14.9 Å². The van der Waals surface area contributed by atoms with Crippen molar-refractivity contribution in [1.29, 1.82) is 0 Å². The van der Waals surface area contributed by atoms with Crippen molar-refractivity contribution in [2.45, 2.75) is 25.8 Å². The van der Waals surface area contributed by atoms with Gasteiger partial charge in [-0.15, -0.1) is 5.10 Å². The van der Waals surface area contributed by atoms with Gasteiger partial charge in [0.25, 0.3) is 5.91 Å². The van der Waals surface area contributed by atoms with Crippen LogP contribution in [0.2, 0.25) is 0 Å². The van der Waals surface area contributed by atoms with Crippen LogP contribution in [0.1, 0.15) is 29.4 Å². The molecule has 0 saturated carbocycles. The number of benzene rings is 1. The van der Waals surface area contributed by atoms with Crippen LogP contribution in [0.25, 0.3) is 0 Å². The van der Waals surface area contributed by atoms with E-state index in [4.69, 9.17) is 0 Å². The molecule has 1 amide bonds. The highest BCUT2D eigenvalue weighted by Crippen LogP contribution is 2.12. The van der Waals surface area contributed by atoms with E-state index in [0.717, 1.165) is 29.9 Å². The predicted molar refractivity (Wildman–Crippen MR) is 73.3 cm³/mol. The molecule has 19 heavy (non-hydrogen) atoms. The molecule has 2 N–H and O–H groups in total. The van der Waals surface area contributed by atoms with E-state index in [1.165, 1.54) is 0 Å². The number of carbonyl (C=O) groups excluding carboxylic acids is 1. The number of hydrogen-bond acceptors (Lipinski definition) is 5. The number of hydrogen-bond donors (Lipinski definition) is 2. The monoisotopic (exact) mass is 277 g/mol. The number of aromatic nitrogens is 2. The highest BCUT2D eigenvalue weighted by atomic mass is 32.1. The van der Waals surface area contributed by atoms with Gasteiger partial charge in [-0.3, -0.25) is 4.79 Å². The van der Waals surface area contributed by atoms with Crippen LogP contribution in [0.4, 0.5) is 0 Å². The maximum absolute atomic E-state index is 11.7. The van der Waals surface area contributed by atoms with Crippen molar-refractivity contribution in [2.75, 3.05) is 0 Å². The van der Waals surface area contributed by atoms with E-state index in [-0.39, 0.29) is 17.7 Å². The molecule has 0 fully saturated rings. The molecule has 1 heterocycles. The molecule has 1 aromatic carbocycles. The van der Waals surface area contributed by atoms with Gasteiger partial charge in [-0.1, -0.05) is 16.6 Å². The number of nitrogens with zero attached hydrogens (tertiary/aromatic N) is 2. The summed E-state index contributed by atoms with van der Waals surface area (Å²) in [7, 11) is 0. The lowest BCUT2D eigenvalue weighted by atomic mass is 10.1. The highest BCUT2D eigenvalue weighted by molar-refractivity contribution is 7.03. The Morgan fingerprint density at radius 1 is 1.42 bits per heavy atom. The van der Waals surface area contributed by atoms with Crippen molar-refractivity contribution in [3.8, 4) is 5.75 Å². The molecule has 6 heteroatoms. The molecule has 0 aliphatic rings. The van der Waals surface area contributed by atoms with Crippen molar-refractivity contribution in [3.05, 3.63) is 40.9 Å². The maximum Gasteiger partial charge on any atom is 0.272 e. The largest absolute Gasteiger partial charge is 0.508 e. The molecular weight excluding hydrogens is 262 g/mol. The van der Waals surface area contributed by atoms with Crippen molar-refractivity contribution in [3.63, 3.8) is 0 Å². The zero-order valence-electron chi connectivity index (χ0n) is 10.5. The van der Waals surface area contributed by atoms with E-state index < -0.39 is 0 Å². The Kier molecular flexibility index (Phi) is 4.46. The minimum atomic E-state index is -0.188. The lowest BCUT2D eigenvalue weighted by Gasteiger charge is -2.12. The SMILES string of the molecule is C[C@H](CCc1ccc(O)cc1)NC(=O)c1csnn1. The molecule has 0 bridgehead atoms. The molecule has 0 aliphatic heterocycles. The number of carbonyl (C=O) groups is 1. The fourth-order valence-corrected chi connectivity index (χ4v) is 2.12. The lowest BCUT2D eigenvalue weighted by Crippen LogP contribution is -2.33. The van der Waals surface area contributed by atoms with Crippen LogP contribution in [-0.2, 0) is 6.42 Å². The number of rotatable bonds is 5. The zero-order valence-corrected chi connectivity index (χ0v) is 11.4. The molecule has 5 nitrogen and oxygen atoms in total. The Morgan fingerprint density at radius 3 is 2.79 bits per heavy atom. The number of amides is 1. The Bertz CT molecular complexity index is 525. The Labute approximate surface area is 115 Å². The average Bonchev–Trinajstić information content (AvgIpc) is 2.92. The van der Waals surface area contributed by atoms with Gasteiger partial charge in [-0.05, 0) is 49.0 Å². The second-order valence-electron chi connectivity index (χ2n) is 4.37. The molecule has 1 aromatic heterocycles. The third-order valence-corrected chi connectivity index (χ3v) is 3.28. The third kappa shape index (κ3) is 4.03. The molecule has 0 unspecified atom stereocenters. The molecular formula is C13H15N3O2S. The van der Waals surface area contributed by atoms with Crippen molar-refractivity contribution in [2.24, 2.45) is 0 Å². The normalized spacial score (nSPS) is 12.1. The summed E-state index contributed by atoms with van der Waals surface area (Å²) >= 11 is 1.16. The van der Waals surface area contributed by atoms with Crippen LogP contribution < -0.4 is 5.32 Å². The first kappa shape index (κ1) is 13.5. The van der Waals surface area contributed by atoms with Gasteiger partial charge in [-0.25, -0.2) is 0 Å². The van der Waals surface area contributed by atoms with Gasteiger partial charge >= 0.3 is 0 Å². The van der Waals surface area contributed by atoms with Crippen LogP contribution in [0.15, 0.2) is 29.6 Å². The van der Waals surface area contributed by atoms with Crippen molar-refractivity contribution in [1.82, 2.24) is 14.9 Å². The molecule has 0 spiro atoms. The van der Waals surface area contributed by atoms with Crippen LogP contribution in [0.3, 0.4) is 0 Å². The topological polar surface area (TPSA) is 75.1 Å². The van der Waals surface area contributed by atoms with Gasteiger partial charge < -0.3 is 10.4 Å². The Morgan fingerprint density at radius 2 is 2.16 bits per heavy atom. The van der Waals surface area contributed by atoms with E-state index in [9.17, 15) is 9.90 Å². The van der Waals surface area contributed by atoms with Gasteiger partial charge in [0.05, 0.1) is 0 Å². The smallest absolute Gasteiger partial charge is 0.272 e. The molecule has 0 saturated heterocycles. The summed E-state index contributed by atoms with van der Waals surface area (Å²) in [6, 6.07) is 7.16. The molecule has 1 atom stereocenters. The first-order valence-corrected chi connectivity index (χ1v) is 6.84. The summed E-state index contributed by atoms with van der Waals surface area (Å²) in [6.45, 7) is 1.96. The summed E-state index contributed by atoms with van der Waals surface area (Å²) in [5.74, 6) is 0.0769. The summed E-state index contributed by atoms with van der Waals surface area (Å²) in [4.78, 5) is 11.7. The van der Waals surface area contributed by atoms with Gasteiger partial charge in [-0.2, -0.15) is 0 Å². The van der Waals surface area contributed by atoms with E-state index in [1.54, 1.807) is 17.5 Å². The minimum absolute atomic E-state index is 0.0583. The first-order valence-electron chi connectivity index (χ1n) is 6.01. The van der Waals surface area contributed by atoms with Gasteiger partial charge in [0.2, 0.25) is 0 Å². The average molecular weight is 277 g/mol. The first-order chi connectivity index (χ1) is 9.15. The van der Waals surface area contributed by atoms with Gasteiger partial charge in [0, 0.05) is 11.4 Å². The summed E-state index contributed by atoms with van der Waals surface area (Å²) in [5.41, 5.74) is 1.50.